The Morgan fingerprint density at radius 2 is 1.85 bits per heavy atom. The highest BCUT2D eigenvalue weighted by atomic mass is 14.9. The molecule has 2 saturated carbocycles. The fourth-order valence-corrected chi connectivity index (χ4v) is 3.04. The van der Waals surface area contributed by atoms with Crippen LogP contribution in [0.4, 0.5) is 0 Å². The molecule has 13 heavy (non-hydrogen) atoms. The lowest BCUT2D eigenvalue weighted by Gasteiger charge is -2.26. The molecule has 0 aromatic heterocycles. The molecule has 0 aliphatic heterocycles. The minimum absolute atomic E-state index is 0. The summed E-state index contributed by atoms with van der Waals surface area (Å²) in [7, 11) is 2.09. The van der Waals surface area contributed by atoms with Crippen molar-refractivity contribution in [2.24, 2.45) is 23.5 Å². The average Bonchev–Trinajstić information content (AvgIpc) is 2.60. The van der Waals surface area contributed by atoms with Gasteiger partial charge < -0.3 is 23.4 Å². The third kappa shape index (κ3) is 2.02. The van der Waals surface area contributed by atoms with E-state index in [4.69, 9.17) is 5.73 Å². The molecule has 2 fully saturated rings. The summed E-state index contributed by atoms with van der Waals surface area (Å²) in [4.78, 5) is 0. The molecule has 0 aromatic carbocycles. The smallest absolute Gasteiger partial charge is 0.00952 e. The summed E-state index contributed by atoms with van der Waals surface area (Å²) in [6.45, 7) is 0.914. The molecule has 2 aliphatic carbocycles. The maximum atomic E-state index is 5.69. The third-order valence-electron chi connectivity index (χ3n) is 3.68. The molecule has 2 bridgehead atoms. The summed E-state index contributed by atoms with van der Waals surface area (Å²) in [6.07, 6.45) is 4.20. The van der Waals surface area contributed by atoms with Crippen LogP contribution in [0, 0.1) is 17.8 Å². The predicted molar refractivity (Wildman–Crippen MR) is 56.3 cm³/mol. The second-order valence-corrected chi connectivity index (χ2v) is 4.12. The van der Waals surface area contributed by atoms with Crippen molar-refractivity contribution >= 4 is 0 Å². The summed E-state index contributed by atoms with van der Waals surface area (Å²) >= 11 is 0. The molecule has 2 aliphatic rings. The summed E-state index contributed by atoms with van der Waals surface area (Å²) in [5.41, 5.74) is 5.69. The van der Waals surface area contributed by atoms with Crippen LogP contribution in [0.15, 0.2) is 0 Å². The molecule has 4 nitrogen and oxygen atoms in total. The summed E-state index contributed by atoms with van der Waals surface area (Å²) in [5, 5.41) is 3.40. The van der Waals surface area contributed by atoms with Gasteiger partial charge in [-0.1, -0.05) is 0 Å². The zero-order chi connectivity index (χ0) is 7.84. The van der Waals surface area contributed by atoms with E-state index in [1.165, 1.54) is 19.3 Å². The van der Waals surface area contributed by atoms with E-state index < -0.39 is 0 Å². The molecule has 0 spiro atoms. The van der Waals surface area contributed by atoms with Crippen LogP contribution in [-0.4, -0.2) is 19.6 Å². The molecule has 0 heterocycles. The van der Waals surface area contributed by atoms with Crippen LogP contribution in [0.2, 0.25) is 0 Å². The Hall–Kier alpha value is -0.160. The van der Waals surface area contributed by atoms with Gasteiger partial charge >= 0.3 is 0 Å². The number of nitrogens with two attached hydrogens (primary N) is 1. The third-order valence-corrected chi connectivity index (χ3v) is 3.68. The first-order chi connectivity index (χ1) is 5.35. The molecule has 80 valence electrons. The molecule has 0 saturated heterocycles. The second-order valence-electron chi connectivity index (χ2n) is 4.12. The second kappa shape index (κ2) is 4.91. The number of fused-ring (bicyclic) bond motifs is 2. The number of hydrogen-bond acceptors (Lipinski definition) is 4. The van der Waals surface area contributed by atoms with Gasteiger partial charge in [0.1, 0.15) is 0 Å². The minimum Gasteiger partial charge on any atom is -0.344 e. The monoisotopic (exact) mass is 188 g/mol. The van der Waals surface area contributed by atoms with Crippen molar-refractivity contribution in [2.45, 2.75) is 25.3 Å². The fourth-order valence-electron chi connectivity index (χ4n) is 3.04. The Balaban J connectivity index is 0.000000720. The number of nitrogens with one attached hydrogen (secondary N) is 1. The van der Waals surface area contributed by atoms with Crippen LogP contribution in [0.25, 0.3) is 0 Å². The predicted octanol–water partition coefficient (Wildman–Crippen LogP) is 0.903. The molecule has 4 heteroatoms. The molecule has 0 aromatic rings. The number of hydrogen-bond donors (Lipinski definition) is 4. The Kier molecular flexibility index (Phi) is 4.85. The van der Waals surface area contributed by atoms with Gasteiger partial charge in [0, 0.05) is 6.04 Å². The quantitative estimate of drug-likeness (QED) is 0.516. The Morgan fingerprint density at radius 1 is 1.15 bits per heavy atom. The van der Waals surface area contributed by atoms with Gasteiger partial charge in [0.05, 0.1) is 0 Å². The lowest BCUT2D eigenvalue weighted by Crippen LogP contribution is -2.34. The molecular formula is C9H24N4. The molecule has 9 N–H and O–H groups in total. The van der Waals surface area contributed by atoms with Gasteiger partial charge in [-0.2, -0.15) is 0 Å². The summed E-state index contributed by atoms with van der Waals surface area (Å²) < 4.78 is 0. The van der Waals surface area contributed by atoms with E-state index in [9.17, 15) is 0 Å². The van der Waals surface area contributed by atoms with E-state index in [1.807, 2.05) is 0 Å². The summed E-state index contributed by atoms with van der Waals surface area (Å²) in [6, 6.07) is 0.808. The topological polar surface area (TPSA) is 108 Å². The average molecular weight is 188 g/mol. The van der Waals surface area contributed by atoms with E-state index >= 15 is 0 Å². The molecule has 4 unspecified atom stereocenters. The van der Waals surface area contributed by atoms with E-state index in [-0.39, 0.29) is 12.3 Å². The normalized spacial score (nSPS) is 41.1. The van der Waals surface area contributed by atoms with Crippen molar-refractivity contribution in [1.82, 2.24) is 17.6 Å². The minimum atomic E-state index is 0. The van der Waals surface area contributed by atoms with Crippen molar-refractivity contribution in [2.75, 3.05) is 13.6 Å². The van der Waals surface area contributed by atoms with Crippen LogP contribution in [0.3, 0.4) is 0 Å². The van der Waals surface area contributed by atoms with Crippen molar-refractivity contribution < 1.29 is 0 Å². The lowest BCUT2D eigenvalue weighted by molar-refractivity contribution is 0.289. The zero-order valence-electron chi connectivity index (χ0n) is 8.63. The van der Waals surface area contributed by atoms with Gasteiger partial charge in [-0.15, -0.1) is 0 Å². The Labute approximate surface area is 80.8 Å². The zero-order valence-corrected chi connectivity index (χ0v) is 8.63. The van der Waals surface area contributed by atoms with Crippen LogP contribution in [0.5, 0.6) is 0 Å². The van der Waals surface area contributed by atoms with E-state index in [0.29, 0.717) is 0 Å². The fraction of sp³-hybridized carbons (Fsp3) is 1.00. The first-order valence-corrected chi connectivity index (χ1v) is 4.72. The van der Waals surface area contributed by atoms with E-state index in [1.54, 1.807) is 0 Å². The van der Waals surface area contributed by atoms with Gasteiger partial charge in [-0.05, 0) is 50.6 Å². The van der Waals surface area contributed by atoms with Crippen molar-refractivity contribution in [3.8, 4) is 0 Å². The largest absolute Gasteiger partial charge is 0.344 e. The lowest BCUT2D eigenvalue weighted by atomic mass is 9.86. The standard InChI is InChI=1S/C9H18N2.2H3N/c1-11-9-4-6-2-7(9)3-8(6)5-10;;/h6-9,11H,2-5,10H2,1H3;2*1H3. The van der Waals surface area contributed by atoms with E-state index in [2.05, 4.69) is 12.4 Å². The number of rotatable bonds is 2. The molecular weight excluding hydrogens is 164 g/mol. The van der Waals surface area contributed by atoms with Crippen molar-refractivity contribution in [3.05, 3.63) is 0 Å². The van der Waals surface area contributed by atoms with Crippen molar-refractivity contribution in [1.29, 1.82) is 0 Å². The van der Waals surface area contributed by atoms with Crippen molar-refractivity contribution in [3.63, 3.8) is 0 Å². The first kappa shape index (κ1) is 12.8. The van der Waals surface area contributed by atoms with E-state index in [0.717, 1.165) is 30.3 Å². The summed E-state index contributed by atoms with van der Waals surface area (Å²) in [5.74, 6) is 2.74. The highest BCUT2D eigenvalue weighted by Gasteiger charge is 2.44. The van der Waals surface area contributed by atoms with Crippen LogP contribution >= 0.6 is 0 Å². The first-order valence-electron chi connectivity index (χ1n) is 4.72. The molecule has 2 rings (SSSR count). The van der Waals surface area contributed by atoms with Gasteiger partial charge in [0.2, 0.25) is 0 Å². The Bertz CT molecular complexity index is 135. The van der Waals surface area contributed by atoms with Gasteiger partial charge in [0.25, 0.3) is 0 Å². The van der Waals surface area contributed by atoms with Gasteiger partial charge in [-0.25, -0.2) is 0 Å². The molecule has 4 atom stereocenters. The van der Waals surface area contributed by atoms with Gasteiger partial charge in [0.15, 0.2) is 0 Å². The van der Waals surface area contributed by atoms with Crippen LogP contribution < -0.4 is 23.4 Å². The van der Waals surface area contributed by atoms with Crippen LogP contribution in [-0.2, 0) is 0 Å². The maximum Gasteiger partial charge on any atom is 0.00952 e. The SMILES string of the molecule is CNC1CC2CC1CC2CN.N.N. The highest BCUT2D eigenvalue weighted by molar-refractivity contribution is 4.98. The maximum absolute atomic E-state index is 5.69. The van der Waals surface area contributed by atoms with Crippen LogP contribution in [0.1, 0.15) is 19.3 Å². The van der Waals surface area contributed by atoms with Gasteiger partial charge in [-0.3, -0.25) is 0 Å². The molecule has 0 amide bonds. The Morgan fingerprint density at radius 3 is 2.23 bits per heavy atom. The molecule has 0 radical (unpaired) electrons. The highest BCUT2D eigenvalue weighted by Crippen LogP contribution is 2.47.